The fraction of sp³-hybridized carbons (Fsp3) is 0.650. The van der Waals surface area contributed by atoms with Gasteiger partial charge in [-0.15, -0.1) is 24.0 Å². The summed E-state index contributed by atoms with van der Waals surface area (Å²) in [6.07, 6.45) is 3.86. The van der Waals surface area contributed by atoms with Crippen molar-refractivity contribution in [3.63, 3.8) is 0 Å². The Morgan fingerprint density at radius 3 is 2.77 bits per heavy atom. The topological polar surface area (TPSA) is 40.1 Å². The second kappa shape index (κ2) is 11.1. The highest BCUT2D eigenvalue weighted by Gasteiger charge is 2.36. The quantitative estimate of drug-likeness (QED) is 0.310. The minimum absolute atomic E-state index is 0. The third kappa shape index (κ3) is 5.57. The normalized spacial score (nSPS) is 23.9. The molecule has 1 aromatic carbocycles. The number of likely N-dealkylation sites (tertiary alicyclic amines) is 2. The van der Waals surface area contributed by atoms with Gasteiger partial charge in [0.05, 0.1) is 6.61 Å². The maximum Gasteiger partial charge on any atom is 0.193 e. The van der Waals surface area contributed by atoms with Crippen LogP contribution in [0.5, 0.6) is 0 Å². The molecule has 2 atom stereocenters. The van der Waals surface area contributed by atoms with Crippen LogP contribution in [-0.4, -0.2) is 68.7 Å². The lowest BCUT2D eigenvalue weighted by molar-refractivity contribution is 0.0371. The molecule has 2 unspecified atom stereocenters. The SMILES string of the molecule is CN=C(NCCOC)N1CCC2C(CCCN2Cc2ccccc2)C1.I. The number of benzene rings is 1. The summed E-state index contributed by atoms with van der Waals surface area (Å²) in [6, 6.07) is 11.6. The minimum atomic E-state index is 0. The molecule has 6 heteroatoms. The summed E-state index contributed by atoms with van der Waals surface area (Å²) in [6.45, 7) is 6.04. The fourth-order valence-electron chi connectivity index (χ4n) is 4.31. The number of ether oxygens (including phenoxy) is 1. The molecule has 2 heterocycles. The zero-order valence-electron chi connectivity index (χ0n) is 16.1. The average Bonchev–Trinajstić information content (AvgIpc) is 2.66. The highest BCUT2D eigenvalue weighted by atomic mass is 127. The number of halogens is 1. The molecule has 5 nitrogen and oxygen atoms in total. The lowest BCUT2D eigenvalue weighted by Crippen LogP contribution is -2.56. The van der Waals surface area contributed by atoms with Gasteiger partial charge >= 0.3 is 0 Å². The van der Waals surface area contributed by atoms with E-state index >= 15 is 0 Å². The minimum Gasteiger partial charge on any atom is -0.383 e. The van der Waals surface area contributed by atoms with Gasteiger partial charge in [0.2, 0.25) is 0 Å². The number of fused-ring (bicyclic) bond motifs is 1. The molecule has 0 spiro atoms. The number of hydrogen-bond acceptors (Lipinski definition) is 3. The van der Waals surface area contributed by atoms with Crippen LogP contribution < -0.4 is 5.32 Å². The maximum atomic E-state index is 5.14. The summed E-state index contributed by atoms with van der Waals surface area (Å²) < 4.78 is 5.14. The van der Waals surface area contributed by atoms with Crippen LogP contribution >= 0.6 is 24.0 Å². The third-order valence-electron chi connectivity index (χ3n) is 5.51. The molecule has 0 saturated carbocycles. The van der Waals surface area contributed by atoms with Crippen LogP contribution in [0.4, 0.5) is 0 Å². The van der Waals surface area contributed by atoms with Gasteiger partial charge in [0.25, 0.3) is 0 Å². The van der Waals surface area contributed by atoms with E-state index in [0.717, 1.165) is 38.1 Å². The molecule has 0 aliphatic carbocycles. The average molecular weight is 472 g/mol. The van der Waals surface area contributed by atoms with Crippen LogP contribution in [0.3, 0.4) is 0 Å². The smallest absolute Gasteiger partial charge is 0.193 e. The monoisotopic (exact) mass is 472 g/mol. The van der Waals surface area contributed by atoms with Gasteiger partial charge in [-0.25, -0.2) is 0 Å². The van der Waals surface area contributed by atoms with E-state index in [-0.39, 0.29) is 24.0 Å². The van der Waals surface area contributed by atoms with Crippen molar-refractivity contribution in [2.24, 2.45) is 10.9 Å². The van der Waals surface area contributed by atoms with Crippen molar-refractivity contribution < 1.29 is 4.74 Å². The molecule has 2 fully saturated rings. The molecule has 146 valence electrons. The molecular formula is C20H33IN4O. The summed E-state index contributed by atoms with van der Waals surface area (Å²) >= 11 is 0. The van der Waals surface area contributed by atoms with Crippen molar-refractivity contribution in [2.45, 2.75) is 31.8 Å². The number of hydrogen-bond donors (Lipinski definition) is 1. The Morgan fingerprint density at radius 1 is 1.23 bits per heavy atom. The van der Waals surface area contributed by atoms with Crippen molar-refractivity contribution in [1.29, 1.82) is 0 Å². The molecule has 3 rings (SSSR count). The number of aliphatic imine (C=N–C) groups is 1. The number of nitrogens with zero attached hydrogens (tertiary/aromatic N) is 3. The van der Waals surface area contributed by atoms with E-state index in [9.17, 15) is 0 Å². The molecule has 0 radical (unpaired) electrons. The molecule has 2 aliphatic rings. The second-order valence-corrected chi connectivity index (χ2v) is 7.13. The van der Waals surface area contributed by atoms with Gasteiger partial charge in [-0.2, -0.15) is 0 Å². The molecule has 0 bridgehead atoms. The number of nitrogens with one attached hydrogen (secondary N) is 1. The number of guanidine groups is 1. The molecule has 26 heavy (non-hydrogen) atoms. The van der Waals surface area contributed by atoms with Gasteiger partial charge in [0.1, 0.15) is 0 Å². The Kier molecular flexibility index (Phi) is 9.15. The standard InChI is InChI=1S/C20H32N4O.HI/c1-21-20(22-11-14-25-2)24-13-10-19-18(16-24)9-6-12-23(19)15-17-7-4-3-5-8-17;/h3-5,7-8,18-19H,6,9-16H2,1-2H3,(H,21,22);1H. The largest absolute Gasteiger partial charge is 0.383 e. The van der Waals surface area contributed by atoms with Gasteiger partial charge in [0, 0.05) is 46.4 Å². The van der Waals surface area contributed by atoms with E-state index in [1.54, 1.807) is 7.11 Å². The van der Waals surface area contributed by atoms with E-state index in [4.69, 9.17) is 4.74 Å². The lowest BCUT2D eigenvalue weighted by Gasteiger charge is -2.48. The van der Waals surface area contributed by atoms with E-state index in [1.165, 1.54) is 31.4 Å². The molecule has 1 aromatic rings. The Labute approximate surface area is 175 Å². The predicted molar refractivity (Wildman–Crippen MR) is 118 cm³/mol. The van der Waals surface area contributed by atoms with E-state index < -0.39 is 0 Å². The first-order valence-corrected chi connectivity index (χ1v) is 9.54. The van der Waals surface area contributed by atoms with Gasteiger partial charge in [0.15, 0.2) is 5.96 Å². The number of piperidine rings is 2. The van der Waals surface area contributed by atoms with Gasteiger partial charge < -0.3 is 15.0 Å². The van der Waals surface area contributed by atoms with Crippen LogP contribution in [0.2, 0.25) is 0 Å². The second-order valence-electron chi connectivity index (χ2n) is 7.13. The van der Waals surface area contributed by atoms with Crippen molar-refractivity contribution in [1.82, 2.24) is 15.1 Å². The van der Waals surface area contributed by atoms with Crippen LogP contribution in [0.1, 0.15) is 24.8 Å². The first-order chi connectivity index (χ1) is 12.3. The highest BCUT2D eigenvalue weighted by molar-refractivity contribution is 14.0. The summed E-state index contributed by atoms with van der Waals surface area (Å²) in [4.78, 5) is 9.61. The summed E-state index contributed by atoms with van der Waals surface area (Å²) in [5.74, 6) is 1.77. The predicted octanol–water partition coefficient (Wildman–Crippen LogP) is 2.81. The zero-order chi connectivity index (χ0) is 17.5. The first kappa shape index (κ1) is 21.4. The summed E-state index contributed by atoms with van der Waals surface area (Å²) in [7, 11) is 3.61. The molecule has 1 N–H and O–H groups in total. The van der Waals surface area contributed by atoms with E-state index in [0.29, 0.717) is 12.6 Å². The van der Waals surface area contributed by atoms with Crippen LogP contribution in [0, 0.1) is 5.92 Å². The van der Waals surface area contributed by atoms with Gasteiger partial charge in [-0.05, 0) is 37.3 Å². The first-order valence-electron chi connectivity index (χ1n) is 9.54. The highest BCUT2D eigenvalue weighted by Crippen LogP contribution is 2.31. The fourth-order valence-corrected chi connectivity index (χ4v) is 4.31. The van der Waals surface area contributed by atoms with Crippen LogP contribution in [-0.2, 0) is 11.3 Å². The maximum absolute atomic E-state index is 5.14. The molecule has 0 amide bonds. The lowest BCUT2D eigenvalue weighted by atomic mass is 9.83. The van der Waals surface area contributed by atoms with Crippen molar-refractivity contribution in [3.05, 3.63) is 35.9 Å². The Bertz CT molecular complexity index is 554. The van der Waals surface area contributed by atoms with E-state index in [2.05, 4.69) is 50.4 Å². The number of rotatable bonds is 5. The molecular weight excluding hydrogens is 439 g/mol. The number of methoxy groups -OCH3 is 1. The Hall–Kier alpha value is -0.860. The Balaban J connectivity index is 0.00000243. The van der Waals surface area contributed by atoms with Gasteiger partial charge in [-0.3, -0.25) is 9.89 Å². The van der Waals surface area contributed by atoms with Crippen molar-refractivity contribution in [3.8, 4) is 0 Å². The van der Waals surface area contributed by atoms with Gasteiger partial charge in [-0.1, -0.05) is 30.3 Å². The molecule has 2 saturated heterocycles. The molecule has 0 aromatic heterocycles. The molecule has 2 aliphatic heterocycles. The van der Waals surface area contributed by atoms with E-state index in [1.807, 2.05) is 7.05 Å². The Morgan fingerprint density at radius 2 is 2.04 bits per heavy atom. The van der Waals surface area contributed by atoms with Crippen LogP contribution in [0.15, 0.2) is 35.3 Å². The van der Waals surface area contributed by atoms with Crippen molar-refractivity contribution >= 4 is 29.9 Å². The summed E-state index contributed by atoms with van der Waals surface area (Å²) in [5, 5.41) is 3.42. The zero-order valence-corrected chi connectivity index (χ0v) is 18.4. The summed E-state index contributed by atoms with van der Waals surface area (Å²) in [5.41, 5.74) is 1.43. The van der Waals surface area contributed by atoms with Crippen molar-refractivity contribution in [2.75, 3.05) is 46.9 Å². The van der Waals surface area contributed by atoms with Crippen LogP contribution in [0.25, 0.3) is 0 Å². The third-order valence-corrected chi connectivity index (χ3v) is 5.51.